The summed E-state index contributed by atoms with van der Waals surface area (Å²) in [5.74, 6) is 2.00. The van der Waals surface area contributed by atoms with Crippen molar-refractivity contribution in [2.45, 2.75) is 26.9 Å². The average Bonchev–Trinajstić information content (AvgIpc) is 2.58. The minimum atomic E-state index is -0.00405. The molecule has 0 aromatic heterocycles. The number of benzene rings is 2. The smallest absolute Gasteiger partial charge is 0.161 e. The minimum absolute atomic E-state index is 0.00405. The number of carbonyl (C=O) groups is 1. The van der Waals surface area contributed by atoms with Gasteiger partial charge >= 0.3 is 0 Å². The van der Waals surface area contributed by atoms with Crippen molar-refractivity contribution in [3.63, 3.8) is 0 Å². The number of methoxy groups -OCH3 is 1. The highest BCUT2D eigenvalue weighted by Gasteiger charge is 2.09. The van der Waals surface area contributed by atoms with Crippen LogP contribution in [0, 0.1) is 0 Å². The number of Topliss-reactive ketones (excluding diaryl/α,β-unsaturated/α-hetero) is 1. The summed E-state index contributed by atoms with van der Waals surface area (Å²) >= 11 is 0. The van der Waals surface area contributed by atoms with Crippen molar-refractivity contribution in [2.24, 2.45) is 0 Å². The number of rotatable bonds is 8. The van der Waals surface area contributed by atoms with Crippen molar-refractivity contribution in [3.05, 3.63) is 53.6 Å². The Labute approximate surface area is 137 Å². The predicted octanol–water partition coefficient (Wildman–Crippen LogP) is 4.27. The van der Waals surface area contributed by atoms with E-state index in [1.54, 1.807) is 25.3 Å². The third-order valence-corrected chi connectivity index (χ3v) is 3.34. The summed E-state index contributed by atoms with van der Waals surface area (Å²) < 4.78 is 16.7. The van der Waals surface area contributed by atoms with E-state index in [4.69, 9.17) is 14.2 Å². The Hall–Kier alpha value is -2.49. The van der Waals surface area contributed by atoms with Crippen LogP contribution in [0.4, 0.5) is 0 Å². The van der Waals surface area contributed by atoms with Gasteiger partial charge in [0.2, 0.25) is 0 Å². The SMILES string of the molecule is CCCOc1cccc(COc2ccc(C(C)=O)cc2OC)c1. The molecule has 0 unspecified atom stereocenters. The van der Waals surface area contributed by atoms with Crippen LogP contribution in [0.25, 0.3) is 0 Å². The van der Waals surface area contributed by atoms with Gasteiger partial charge < -0.3 is 14.2 Å². The molecule has 0 aliphatic carbocycles. The zero-order chi connectivity index (χ0) is 16.7. The maximum absolute atomic E-state index is 11.4. The van der Waals surface area contributed by atoms with E-state index in [2.05, 4.69) is 6.92 Å². The van der Waals surface area contributed by atoms with Gasteiger partial charge in [-0.2, -0.15) is 0 Å². The van der Waals surface area contributed by atoms with E-state index in [0.717, 1.165) is 17.7 Å². The number of ether oxygens (including phenoxy) is 3. The summed E-state index contributed by atoms with van der Waals surface area (Å²) in [6, 6.07) is 13.0. The lowest BCUT2D eigenvalue weighted by Gasteiger charge is -2.12. The standard InChI is InChI=1S/C19H22O4/c1-4-10-22-17-7-5-6-15(11-17)13-23-18-9-8-16(14(2)20)12-19(18)21-3/h5-9,11-12H,4,10,13H2,1-3H3. The monoisotopic (exact) mass is 314 g/mol. The topological polar surface area (TPSA) is 44.8 Å². The van der Waals surface area contributed by atoms with Crippen LogP contribution in [-0.4, -0.2) is 19.5 Å². The van der Waals surface area contributed by atoms with Crippen molar-refractivity contribution in [2.75, 3.05) is 13.7 Å². The van der Waals surface area contributed by atoms with Gasteiger partial charge in [-0.15, -0.1) is 0 Å². The molecule has 122 valence electrons. The van der Waals surface area contributed by atoms with Crippen molar-refractivity contribution in [3.8, 4) is 17.2 Å². The maximum atomic E-state index is 11.4. The molecule has 0 amide bonds. The van der Waals surface area contributed by atoms with Crippen LogP contribution in [-0.2, 0) is 6.61 Å². The zero-order valence-electron chi connectivity index (χ0n) is 13.8. The molecule has 4 heteroatoms. The first kappa shape index (κ1) is 16.9. The first-order valence-corrected chi connectivity index (χ1v) is 7.67. The van der Waals surface area contributed by atoms with Crippen molar-refractivity contribution < 1.29 is 19.0 Å². The highest BCUT2D eigenvalue weighted by atomic mass is 16.5. The second kappa shape index (κ2) is 8.22. The van der Waals surface area contributed by atoms with E-state index in [1.807, 2.05) is 24.3 Å². The Balaban J connectivity index is 2.07. The summed E-state index contributed by atoms with van der Waals surface area (Å²) in [4.78, 5) is 11.4. The Morgan fingerprint density at radius 2 is 1.87 bits per heavy atom. The first-order valence-electron chi connectivity index (χ1n) is 7.67. The number of hydrogen-bond donors (Lipinski definition) is 0. The van der Waals surface area contributed by atoms with Crippen LogP contribution >= 0.6 is 0 Å². The van der Waals surface area contributed by atoms with Gasteiger partial charge in [-0.3, -0.25) is 4.79 Å². The average molecular weight is 314 g/mol. The van der Waals surface area contributed by atoms with Gasteiger partial charge in [0, 0.05) is 5.56 Å². The summed E-state index contributed by atoms with van der Waals surface area (Å²) in [5.41, 5.74) is 1.61. The van der Waals surface area contributed by atoms with E-state index in [0.29, 0.717) is 30.3 Å². The number of hydrogen-bond acceptors (Lipinski definition) is 4. The third-order valence-electron chi connectivity index (χ3n) is 3.34. The van der Waals surface area contributed by atoms with Crippen molar-refractivity contribution in [1.29, 1.82) is 0 Å². The molecule has 0 spiro atoms. The maximum Gasteiger partial charge on any atom is 0.161 e. The summed E-state index contributed by atoms with van der Waals surface area (Å²) in [5, 5.41) is 0. The molecule has 2 rings (SSSR count). The molecule has 0 N–H and O–H groups in total. The molecule has 2 aromatic carbocycles. The summed E-state index contributed by atoms with van der Waals surface area (Å²) in [6.45, 7) is 4.70. The lowest BCUT2D eigenvalue weighted by molar-refractivity contribution is 0.101. The molecule has 2 aromatic rings. The predicted molar refractivity (Wildman–Crippen MR) is 89.6 cm³/mol. The Morgan fingerprint density at radius 1 is 1.04 bits per heavy atom. The zero-order valence-corrected chi connectivity index (χ0v) is 13.8. The molecule has 0 saturated carbocycles. The molecule has 23 heavy (non-hydrogen) atoms. The van der Waals surface area contributed by atoms with Gasteiger partial charge in [0.1, 0.15) is 12.4 Å². The summed E-state index contributed by atoms with van der Waals surface area (Å²) in [7, 11) is 1.56. The van der Waals surface area contributed by atoms with Crippen LogP contribution in [0.15, 0.2) is 42.5 Å². The van der Waals surface area contributed by atoms with E-state index in [9.17, 15) is 4.79 Å². The van der Waals surface area contributed by atoms with Gasteiger partial charge in [0.15, 0.2) is 17.3 Å². The van der Waals surface area contributed by atoms with Gasteiger partial charge in [0.05, 0.1) is 13.7 Å². The molecular formula is C19H22O4. The second-order valence-corrected chi connectivity index (χ2v) is 5.21. The molecule has 0 fully saturated rings. The molecule has 0 aliphatic rings. The van der Waals surface area contributed by atoms with Crippen LogP contribution in [0.3, 0.4) is 0 Å². The normalized spacial score (nSPS) is 10.2. The minimum Gasteiger partial charge on any atom is -0.494 e. The van der Waals surface area contributed by atoms with Crippen molar-refractivity contribution >= 4 is 5.78 Å². The Bertz CT molecular complexity index is 664. The molecule has 0 atom stereocenters. The lowest BCUT2D eigenvalue weighted by Crippen LogP contribution is -2.01. The van der Waals surface area contributed by atoms with Gasteiger partial charge in [-0.1, -0.05) is 19.1 Å². The molecule has 0 heterocycles. The van der Waals surface area contributed by atoms with Crippen LogP contribution < -0.4 is 14.2 Å². The van der Waals surface area contributed by atoms with Gasteiger partial charge in [0.25, 0.3) is 0 Å². The van der Waals surface area contributed by atoms with E-state index in [-0.39, 0.29) is 5.78 Å². The number of ketones is 1. The third kappa shape index (κ3) is 4.74. The Morgan fingerprint density at radius 3 is 2.57 bits per heavy atom. The fourth-order valence-electron chi connectivity index (χ4n) is 2.11. The van der Waals surface area contributed by atoms with Crippen LogP contribution in [0.1, 0.15) is 36.2 Å². The fourth-order valence-corrected chi connectivity index (χ4v) is 2.11. The molecule has 0 aliphatic heterocycles. The molecule has 0 saturated heterocycles. The number of carbonyl (C=O) groups excluding carboxylic acids is 1. The largest absolute Gasteiger partial charge is 0.494 e. The lowest BCUT2D eigenvalue weighted by atomic mass is 10.1. The molecule has 0 bridgehead atoms. The fraction of sp³-hybridized carbons (Fsp3) is 0.316. The van der Waals surface area contributed by atoms with Crippen molar-refractivity contribution in [1.82, 2.24) is 0 Å². The molecule has 4 nitrogen and oxygen atoms in total. The van der Waals surface area contributed by atoms with Gasteiger partial charge in [-0.05, 0) is 49.2 Å². The summed E-state index contributed by atoms with van der Waals surface area (Å²) in [6.07, 6.45) is 0.973. The van der Waals surface area contributed by atoms with Crippen LogP contribution in [0.2, 0.25) is 0 Å². The first-order chi connectivity index (χ1) is 11.1. The second-order valence-electron chi connectivity index (χ2n) is 5.21. The quantitative estimate of drug-likeness (QED) is 0.683. The highest BCUT2D eigenvalue weighted by molar-refractivity contribution is 5.94. The Kier molecular flexibility index (Phi) is 6.03. The van der Waals surface area contributed by atoms with E-state index < -0.39 is 0 Å². The van der Waals surface area contributed by atoms with Crippen LogP contribution in [0.5, 0.6) is 17.2 Å². The van der Waals surface area contributed by atoms with E-state index >= 15 is 0 Å². The highest BCUT2D eigenvalue weighted by Crippen LogP contribution is 2.29. The van der Waals surface area contributed by atoms with Gasteiger partial charge in [-0.25, -0.2) is 0 Å². The molecule has 0 radical (unpaired) electrons. The molecular weight excluding hydrogens is 292 g/mol. The van der Waals surface area contributed by atoms with E-state index in [1.165, 1.54) is 6.92 Å².